The highest BCUT2D eigenvalue weighted by Crippen LogP contribution is 2.39. The number of aromatic nitrogens is 1. The molecule has 2 N–H and O–H groups in total. The molecular weight excluding hydrogens is 508 g/mol. The topological polar surface area (TPSA) is 105 Å². The molecule has 192 valence electrons. The first-order valence-corrected chi connectivity index (χ1v) is 14.0. The Morgan fingerprint density at radius 3 is 2.43 bits per heavy atom. The number of thiocarbonyl (C=S) groups is 1. The van der Waals surface area contributed by atoms with Gasteiger partial charge in [-0.1, -0.05) is 60.8 Å². The van der Waals surface area contributed by atoms with E-state index in [9.17, 15) is 8.42 Å². The Bertz CT molecular complexity index is 1450. The number of benzene rings is 2. The number of hydrogen-bond donors (Lipinski definition) is 1. The Balaban J connectivity index is 1.48. The highest BCUT2D eigenvalue weighted by Gasteiger charge is 2.42. The number of nitrogens with two attached hydrogens (primary N) is 1. The largest absolute Gasteiger partial charge is 0.440 e. The van der Waals surface area contributed by atoms with Crippen LogP contribution in [0.4, 0.5) is 0 Å². The molecule has 9 heteroatoms. The zero-order chi connectivity index (χ0) is 26.0. The van der Waals surface area contributed by atoms with Crippen molar-refractivity contribution in [3.05, 3.63) is 84.3 Å². The van der Waals surface area contributed by atoms with E-state index in [-0.39, 0.29) is 16.4 Å². The average Bonchev–Trinajstić information content (AvgIpc) is 3.34. The van der Waals surface area contributed by atoms with Gasteiger partial charge in [-0.3, -0.25) is 0 Å². The number of rotatable bonds is 7. The van der Waals surface area contributed by atoms with Gasteiger partial charge in [-0.15, -0.1) is 0 Å². The maximum Gasteiger partial charge on any atom is 0.238 e. The normalized spacial score (nSPS) is 19.6. The molecule has 3 aromatic rings. The van der Waals surface area contributed by atoms with Crippen molar-refractivity contribution in [2.24, 2.45) is 11.1 Å². The first-order valence-electron chi connectivity index (χ1n) is 12.0. The van der Waals surface area contributed by atoms with E-state index in [0.717, 1.165) is 28.8 Å². The molecule has 0 spiro atoms. The van der Waals surface area contributed by atoms with Gasteiger partial charge in [-0.25, -0.2) is 18.5 Å². The molecule has 0 bridgehead atoms. The third kappa shape index (κ3) is 5.23. The van der Waals surface area contributed by atoms with Crippen LogP contribution in [0.1, 0.15) is 18.7 Å². The number of ether oxygens (including phenoxy) is 2. The third-order valence-corrected chi connectivity index (χ3v) is 8.46. The summed E-state index contributed by atoms with van der Waals surface area (Å²) in [5.41, 5.74) is 2.84. The predicted molar refractivity (Wildman–Crippen MR) is 146 cm³/mol. The maximum atomic E-state index is 11.7. The van der Waals surface area contributed by atoms with E-state index >= 15 is 0 Å². The van der Waals surface area contributed by atoms with Crippen LogP contribution >= 0.6 is 12.2 Å². The van der Waals surface area contributed by atoms with Crippen molar-refractivity contribution >= 4 is 27.1 Å². The summed E-state index contributed by atoms with van der Waals surface area (Å²) in [6, 6.07) is 16.0. The van der Waals surface area contributed by atoms with Gasteiger partial charge in [0.25, 0.3) is 0 Å². The summed E-state index contributed by atoms with van der Waals surface area (Å²) in [6.45, 7) is 1.29. The third-order valence-electron chi connectivity index (χ3n) is 7.02. The van der Waals surface area contributed by atoms with Gasteiger partial charge in [-0.05, 0) is 29.8 Å². The molecule has 7 nitrogen and oxygen atoms in total. The molecule has 0 radical (unpaired) electrons. The van der Waals surface area contributed by atoms with E-state index in [4.69, 9.17) is 36.2 Å². The highest BCUT2D eigenvalue weighted by atomic mass is 32.2. The zero-order valence-corrected chi connectivity index (χ0v) is 22.1. The first kappa shape index (κ1) is 25.7. The Hall–Kier alpha value is -2.95. The van der Waals surface area contributed by atoms with Gasteiger partial charge in [0, 0.05) is 55.1 Å². The van der Waals surface area contributed by atoms with Gasteiger partial charge in [0.2, 0.25) is 10.0 Å². The van der Waals surface area contributed by atoms with E-state index in [1.54, 1.807) is 19.2 Å². The standard InChI is InChI=1S/C28H28N2O5S2/c1-33-28(14-16-34-17-15-28)23-9-5-8-21(27(23)36)18-24-30-25(19-6-3-2-4-7-19)26(35-24)20-10-12-22(13-11-20)37(29,31)32/h2-13,23H,14-18H2,1H3,(H2,29,31,32). The van der Waals surface area contributed by atoms with Crippen LogP contribution in [0.5, 0.6) is 0 Å². The van der Waals surface area contributed by atoms with Gasteiger partial charge in [0.15, 0.2) is 11.7 Å². The highest BCUT2D eigenvalue weighted by molar-refractivity contribution is 7.89. The fourth-order valence-corrected chi connectivity index (χ4v) is 5.91. The number of primary sulfonamides is 1. The lowest BCUT2D eigenvalue weighted by Crippen LogP contribution is -2.48. The minimum absolute atomic E-state index is 0.0352. The number of nitrogens with zero attached hydrogens (tertiary/aromatic N) is 1. The van der Waals surface area contributed by atoms with E-state index < -0.39 is 10.0 Å². The summed E-state index contributed by atoms with van der Waals surface area (Å²) >= 11 is 5.96. The van der Waals surface area contributed by atoms with E-state index in [0.29, 0.717) is 42.5 Å². The first-order chi connectivity index (χ1) is 17.8. The van der Waals surface area contributed by atoms with E-state index in [1.165, 1.54) is 12.1 Å². The monoisotopic (exact) mass is 536 g/mol. The minimum Gasteiger partial charge on any atom is -0.440 e. The fourth-order valence-electron chi connectivity index (χ4n) is 4.96. The summed E-state index contributed by atoms with van der Waals surface area (Å²) in [7, 11) is -2.06. The lowest BCUT2D eigenvalue weighted by molar-refractivity contribution is -0.100. The van der Waals surface area contributed by atoms with Crippen molar-refractivity contribution in [2.75, 3.05) is 20.3 Å². The van der Waals surface area contributed by atoms with Gasteiger partial charge >= 0.3 is 0 Å². The Morgan fingerprint density at radius 2 is 1.78 bits per heavy atom. The molecule has 1 atom stereocenters. The van der Waals surface area contributed by atoms with E-state index in [2.05, 4.69) is 6.08 Å². The zero-order valence-electron chi connectivity index (χ0n) is 20.4. The summed E-state index contributed by atoms with van der Waals surface area (Å²) < 4.78 is 41.3. The molecule has 2 aliphatic rings. The summed E-state index contributed by atoms with van der Waals surface area (Å²) in [6.07, 6.45) is 8.13. The van der Waals surface area contributed by atoms with Gasteiger partial charge in [0.1, 0.15) is 5.69 Å². The van der Waals surface area contributed by atoms with Crippen LogP contribution in [0.3, 0.4) is 0 Å². The van der Waals surface area contributed by atoms with Crippen molar-refractivity contribution < 1.29 is 22.3 Å². The molecule has 1 aliphatic heterocycles. The molecule has 1 aliphatic carbocycles. The molecule has 1 unspecified atom stereocenters. The van der Waals surface area contributed by atoms with Crippen LogP contribution in [0.2, 0.25) is 0 Å². The van der Waals surface area contributed by atoms with Crippen molar-refractivity contribution in [3.63, 3.8) is 0 Å². The average molecular weight is 537 g/mol. The number of methoxy groups -OCH3 is 1. The van der Waals surface area contributed by atoms with E-state index in [1.807, 2.05) is 42.5 Å². The van der Waals surface area contributed by atoms with Gasteiger partial charge in [-0.2, -0.15) is 0 Å². The van der Waals surface area contributed by atoms with Crippen molar-refractivity contribution in [3.8, 4) is 22.6 Å². The summed E-state index contributed by atoms with van der Waals surface area (Å²) in [4.78, 5) is 5.71. The number of sulfonamides is 1. The number of hydrogen-bond acceptors (Lipinski definition) is 7. The van der Waals surface area contributed by atoms with Gasteiger partial charge in [0.05, 0.1) is 16.9 Å². The smallest absolute Gasteiger partial charge is 0.238 e. The molecule has 1 saturated heterocycles. The van der Waals surface area contributed by atoms with Gasteiger partial charge < -0.3 is 13.9 Å². The molecule has 5 rings (SSSR count). The van der Waals surface area contributed by atoms with Crippen LogP contribution in [0.15, 0.2) is 87.7 Å². The molecule has 1 aromatic heterocycles. The van der Waals surface area contributed by atoms with Crippen molar-refractivity contribution in [1.29, 1.82) is 0 Å². The summed E-state index contributed by atoms with van der Waals surface area (Å²) in [5.74, 6) is 1.03. The molecular formula is C28H28N2O5S2. The lowest BCUT2D eigenvalue weighted by atomic mass is 9.75. The maximum absolute atomic E-state index is 11.7. The summed E-state index contributed by atoms with van der Waals surface area (Å²) in [5, 5.41) is 5.27. The molecule has 0 amide bonds. The fraction of sp³-hybridized carbons (Fsp3) is 0.286. The predicted octanol–water partition coefficient (Wildman–Crippen LogP) is 4.88. The van der Waals surface area contributed by atoms with Crippen molar-refractivity contribution in [1.82, 2.24) is 4.98 Å². The molecule has 37 heavy (non-hydrogen) atoms. The second-order valence-corrected chi connectivity index (χ2v) is 11.2. The van der Waals surface area contributed by atoms with Crippen molar-refractivity contribution in [2.45, 2.75) is 29.8 Å². The quantitative estimate of drug-likeness (QED) is 0.429. The number of allylic oxidation sites excluding steroid dienone is 3. The SMILES string of the molecule is COC1(C2C=CC=C(Cc3nc(-c4ccccc4)c(-c4ccc(S(N)(=O)=O)cc4)o3)C2=S)CCOCC1. The van der Waals surface area contributed by atoms with Crippen LogP contribution in [-0.2, 0) is 25.9 Å². The van der Waals surface area contributed by atoms with Crippen LogP contribution in [0, 0.1) is 5.92 Å². The Morgan fingerprint density at radius 1 is 1.08 bits per heavy atom. The lowest BCUT2D eigenvalue weighted by Gasteiger charge is -2.42. The molecule has 2 heterocycles. The second-order valence-electron chi connectivity index (χ2n) is 9.20. The Labute approximate surface area is 222 Å². The van der Waals surface area contributed by atoms with Crippen LogP contribution in [-0.4, -0.2) is 44.2 Å². The minimum atomic E-state index is -3.80. The molecule has 2 aromatic carbocycles. The number of oxazole rings is 1. The molecule has 0 saturated carbocycles. The Kier molecular flexibility index (Phi) is 7.24. The second kappa shape index (κ2) is 10.4. The van der Waals surface area contributed by atoms with Crippen LogP contribution in [0.25, 0.3) is 22.6 Å². The van der Waals surface area contributed by atoms with Crippen LogP contribution < -0.4 is 5.14 Å². The molecule has 1 fully saturated rings.